The molecule has 0 atom stereocenters. The minimum Gasteiger partial charge on any atom is -0.226 e. The van der Waals surface area contributed by atoms with E-state index >= 15 is 0 Å². The highest BCUT2D eigenvalue weighted by atomic mass is 32.1. The molecule has 0 saturated carbocycles. The van der Waals surface area contributed by atoms with Crippen LogP contribution in [0.5, 0.6) is 0 Å². The van der Waals surface area contributed by atoms with Gasteiger partial charge in [0.1, 0.15) is 0 Å². The molecule has 0 fully saturated rings. The summed E-state index contributed by atoms with van der Waals surface area (Å²) >= 11 is 0.477. The van der Waals surface area contributed by atoms with E-state index in [1.54, 1.807) is 0 Å². The zero-order valence-electron chi connectivity index (χ0n) is 8.22. The molecule has 2 heterocycles. The van der Waals surface area contributed by atoms with Gasteiger partial charge in [-0.15, -0.1) is 5.10 Å². The second-order valence-corrected chi connectivity index (χ2v) is 4.01. The predicted octanol–water partition coefficient (Wildman–Crippen LogP) is 2.66. The molecule has 0 aliphatic carbocycles. The van der Waals surface area contributed by atoms with Gasteiger partial charge in [-0.1, -0.05) is 16.5 Å². The quantitative estimate of drug-likeness (QED) is 0.484. The summed E-state index contributed by atoms with van der Waals surface area (Å²) < 4.78 is 38.3. The fourth-order valence-corrected chi connectivity index (χ4v) is 1.99. The van der Waals surface area contributed by atoms with Crippen LogP contribution in [0.1, 0.15) is 10.7 Å². The number of alkyl halides is 3. The standard InChI is InChI=1S/C7H5F3N6S/c8-7(9,10)5-14-16-4(1-2-13-15-11)3-12-6(16)17-5/h3H,1-2H2. The molecule has 10 heteroatoms. The van der Waals surface area contributed by atoms with E-state index in [1.165, 1.54) is 6.20 Å². The third-order valence-electron chi connectivity index (χ3n) is 1.93. The van der Waals surface area contributed by atoms with Crippen molar-refractivity contribution >= 4 is 16.3 Å². The van der Waals surface area contributed by atoms with Gasteiger partial charge in [0.05, 0.1) is 11.9 Å². The van der Waals surface area contributed by atoms with Gasteiger partial charge >= 0.3 is 6.18 Å². The highest BCUT2D eigenvalue weighted by molar-refractivity contribution is 7.16. The van der Waals surface area contributed by atoms with Crippen LogP contribution in [0.4, 0.5) is 13.2 Å². The Bertz CT molecular complexity index is 578. The van der Waals surface area contributed by atoms with Gasteiger partial charge in [-0.25, -0.2) is 9.50 Å². The first kappa shape index (κ1) is 11.7. The molecule has 0 spiro atoms. The normalized spacial score (nSPS) is 11.7. The average Bonchev–Trinajstić information content (AvgIpc) is 2.78. The largest absolute Gasteiger partial charge is 0.445 e. The number of hydrogen-bond donors (Lipinski definition) is 0. The third kappa shape index (κ3) is 2.32. The van der Waals surface area contributed by atoms with Crippen LogP contribution in [0, 0.1) is 0 Å². The molecule has 17 heavy (non-hydrogen) atoms. The van der Waals surface area contributed by atoms with Gasteiger partial charge < -0.3 is 0 Å². The lowest BCUT2D eigenvalue weighted by Crippen LogP contribution is -2.06. The summed E-state index contributed by atoms with van der Waals surface area (Å²) in [6, 6.07) is 0. The second-order valence-electron chi connectivity index (χ2n) is 3.05. The lowest BCUT2D eigenvalue weighted by Gasteiger charge is -1.98. The maximum atomic E-state index is 12.4. The first-order valence-corrected chi connectivity index (χ1v) is 5.25. The molecule has 0 radical (unpaired) electrons. The molecule has 0 unspecified atom stereocenters. The number of hydrogen-bond acceptors (Lipinski definition) is 4. The zero-order chi connectivity index (χ0) is 12.5. The van der Waals surface area contributed by atoms with Crippen molar-refractivity contribution in [3.63, 3.8) is 0 Å². The highest BCUT2D eigenvalue weighted by Crippen LogP contribution is 2.32. The van der Waals surface area contributed by atoms with Gasteiger partial charge in [-0.05, 0) is 12.0 Å². The minimum absolute atomic E-state index is 0.156. The summed E-state index contributed by atoms with van der Waals surface area (Å²) in [5.74, 6) is 0. The van der Waals surface area contributed by atoms with E-state index in [0.717, 1.165) is 4.52 Å². The van der Waals surface area contributed by atoms with E-state index in [2.05, 4.69) is 20.1 Å². The van der Waals surface area contributed by atoms with Crippen molar-refractivity contribution < 1.29 is 13.2 Å². The summed E-state index contributed by atoms with van der Waals surface area (Å²) in [6.07, 6.45) is -2.74. The van der Waals surface area contributed by atoms with Crippen molar-refractivity contribution in [2.75, 3.05) is 6.54 Å². The van der Waals surface area contributed by atoms with Gasteiger partial charge in [0.25, 0.3) is 0 Å². The van der Waals surface area contributed by atoms with Crippen molar-refractivity contribution in [2.24, 2.45) is 5.11 Å². The molecule has 0 aliphatic heterocycles. The maximum Gasteiger partial charge on any atom is 0.445 e. The monoisotopic (exact) mass is 262 g/mol. The number of imidazole rings is 1. The Hall–Kier alpha value is -1.80. The molecule has 0 bridgehead atoms. The van der Waals surface area contributed by atoms with Crippen molar-refractivity contribution in [2.45, 2.75) is 12.6 Å². The molecule has 90 valence electrons. The summed E-state index contributed by atoms with van der Waals surface area (Å²) in [6.45, 7) is 0.156. The first-order valence-electron chi connectivity index (χ1n) is 4.44. The highest BCUT2D eigenvalue weighted by Gasteiger charge is 2.36. The SMILES string of the molecule is [N-]=[N+]=NCCc1cnc2sc(C(F)(F)F)nn12. The Kier molecular flexibility index (Phi) is 2.90. The Morgan fingerprint density at radius 1 is 1.53 bits per heavy atom. The van der Waals surface area contributed by atoms with Crippen LogP contribution in [0.2, 0.25) is 0 Å². The van der Waals surface area contributed by atoms with E-state index in [4.69, 9.17) is 5.53 Å². The molecule has 2 aromatic heterocycles. The van der Waals surface area contributed by atoms with Crippen LogP contribution in [-0.2, 0) is 12.6 Å². The first-order chi connectivity index (χ1) is 8.02. The second kappa shape index (κ2) is 4.22. The topological polar surface area (TPSA) is 79.0 Å². The molecule has 0 amide bonds. The predicted molar refractivity (Wildman–Crippen MR) is 53.6 cm³/mol. The van der Waals surface area contributed by atoms with Gasteiger partial charge in [-0.3, -0.25) is 0 Å². The number of nitrogens with zero attached hydrogens (tertiary/aromatic N) is 6. The molecule has 2 aromatic rings. The fourth-order valence-electron chi connectivity index (χ4n) is 1.23. The fraction of sp³-hybridized carbons (Fsp3) is 0.429. The van der Waals surface area contributed by atoms with Crippen molar-refractivity contribution in [3.8, 4) is 0 Å². The van der Waals surface area contributed by atoms with Gasteiger partial charge in [0.15, 0.2) is 0 Å². The van der Waals surface area contributed by atoms with Crippen LogP contribution in [0.25, 0.3) is 15.4 Å². The maximum absolute atomic E-state index is 12.4. The third-order valence-corrected chi connectivity index (χ3v) is 2.90. The molecular weight excluding hydrogens is 257 g/mol. The zero-order valence-corrected chi connectivity index (χ0v) is 9.03. The summed E-state index contributed by atoms with van der Waals surface area (Å²) in [5.41, 5.74) is 8.58. The van der Waals surface area contributed by atoms with Crippen LogP contribution >= 0.6 is 11.3 Å². The van der Waals surface area contributed by atoms with Crippen LogP contribution in [0.15, 0.2) is 11.3 Å². The molecule has 0 aliphatic rings. The van der Waals surface area contributed by atoms with E-state index in [-0.39, 0.29) is 11.5 Å². The van der Waals surface area contributed by atoms with Crippen LogP contribution < -0.4 is 0 Å². The Balaban J connectivity index is 2.32. The van der Waals surface area contributed by atoms with Crippen molar-refractivity contribution in [1.29, 1.82) is 0 Å². The number of rotatable bonds is 3. The Labute approximate surface area is 96.3 Å². The summed E-state index contributed by atoms with van der Waals surface area (Å²) in [7, 11) is 0. The van der Waals surface area contributed by atoms with Gasteiger partial charge in [0, 0.05) is 11.5 Å². The Morgan fingerprint density at radius 2 is 2.29 bits per heavy atom. The molecule has 0 aromatic carbocycles. The smallest absolute Gasteiger partial charge is 0.226 e. The van der Waals surface area contributed by atoms with Gasteiger partial charge in [0.2, 0.25) is 9.97 Å². The van der Waals surface area contributed by atoms with Crippen LogP contribution in [-0.4, -0.2) is 21.1 Å². The van der Waals surface area contributed by atoms with E-state index in [9.17, 15) is 13.2 Å². The number of azide groups is 1. The molecule has 2 rings (SSSR count). The van der Waals surface area contributed by atoms with Crippen LogP contribution in [0.3, 0.4) is 0 Å². The molecule has 0 N–H and O–H groups in total. The lowest BCUT2D eigenvalue weighted by molar-refractivity contribution is -0.138. The van der Waals surface area contributed by atoms with Crippen molar-refractivity contribution in [1.82, 2.24) is 14.6 Å². The lowest BCUT2D eigenvalue weighted by atomic mass is 10.3. The molecule has 6 nitrogen and oxygen atoms in total. The number of fused-ring (bicyclic) bond motifs is 1. The van der Waals surface area contributed by atoms with Gasteiger partial charge in [-0.2, -0.15) is 13.2 Å². The van der Waals surface area contributed by atoms with E-state index in [1.807, 2.05) is 0 Å². The molecular formula is C7H5F3N6S. The Morgan fingerprint density at radius 3 is 2.94 bits per heavy atom. The molecule has 0 saturated heterocycles. The van der Waals surface area contributed by atoms with Crippen molar-refractivity contribution in [3.05, 3.63) is 27.3 Å². The van der Waals surface area contributed by atoms with E-state index < -0.39 is 11.2 Å². The number of aromatic nitrogens is 3. The summed E-state index contributed by atoms with van der Waals surface area (Å²) in [4.78, 5) is 6.55. The average molecular weight is 262 g/mol. The van der Waals surface area contributed by atoms with E-state index in [0.29, 0.717) is 23.5 Å². The number of halogens is 3. The minimum atomic E-state index is -4.46. The summed E-state index contributed by atoms with van der Waals surface area (Å²) in [5, 5.41) is 5.80.